The molecule has 2 N–H and O–H groups in total. The van der Waals surface area contributed by atoms with Gasteiger partial charge in [0.05, 0.1) is 11.3 Å². The third-order valence-corrected chi connectivity index (χ3v) is 6.36. The quantitative estimate of drug-likeness (QED) is 0.631. The number of hydrogen-bond donors (Lipinski definition) is 2. The second kappa shape index (κ2) is 7.17. The predicted molar refractivity (Wildman–Crippen MR) is 115 cm³/mol. The Labute approximate surface area is 175 Å². The molecular weight excluding hydrogens is 376 g/mol. The first-order valence-corrected chi connectivity index (χ1v) is 10.4. The molecule has 2 heterocycles. The van der Waals surface area contributed by atoms with Crippen LogP contribution in [0.15, 0.2) is 64.3 Å². The van der Waals surface area contributed by atoms with Crippen molar-refractivity contribution in [3.8, 4) is 5.75 Å². The van der Waals surface area contributed by atoms with Crippen molar-refractivity contribution >= 4 is 11.7 Å². The Bertz CT molecular complexity index is 1160. The van der Waals surface area contributed by atoms with Crippen LogP contribution in [0.4, 0.5) is 5.88 Å². The molecule has 2 atom stereocenters. The molecule has 0 bridgehead atoms. The molecule has 2 aliphatic rings. The largest absolute Gasteiger partial charge is 0.508 e. The smallest absolute Gasteiger partial charge is 0.233 e. The van der Waals surface area contributed by atoms with E-state index in [0.29, 0.717) is 18.7 Å². The van der Waals surface area contributed by atoms with Gasteiger partial charge in [-0.2, -0.15) is 0 Å². The van der Waals surface area contributed by atoms with Crippen LogP contribution in [-0.4, -0.2) is 16.0 Å². The molecule has 5 rings (SSSR count). The number of benzene rings is 2. The normalized spacial score (nSPS) is 20.5. The second-order valence-electron chi connectivity index (χ2n) is 8.14. The van der Waals surface area contributed by atoms with Crippen molar-refractivity contribution in [2.75, 3.05) is 5.32 Å². The van der Waals surface area contributed by atoms with E-state index < -0.39 is 0 Å². The van der Waals surface area contributed by atoms with E-state index in [2.05, 4.69) is 41.7 Å². The van der Waals surface area contributed by atoms with Gasteiger partial charge in [-0.05, 0) is 42.5 Å². The number of phenols is 1. The molecule has 5 nitrogen and oxygen atoms in total. The van der Waals surface area contributed by atoms with Gasteiger partial charge >= 0.3 is 0 Å². The molecule has 0 fully saturated rings. The van der Waals surface area contributed by atoms with Crippen LogP contribution in [-0.2, 0) is 11.2 Å². The molecular formula is C25H24N2O3. The van der Waals surface area contributed by atoms with Gasteiger partial charge in [-0.1, -0.05) is 54.5 Å². The van der Waals surface area contributed by atoms with E-state index in [1.54, 1.807) is 12.1 Å². The van der Waals surface area contributed by atoms with Crippen LogP contribution in [0.5, 0.6) is 5.75 Å². The summed E-state index contributed by atoms with van der Waals surface area (Å²) in [5.41, 5.74) is 6.54. The van der Waals surface area contributed by atoms with E-state index in [-0.39, 0.29) is 23.4 Å². The number of aromatic nitrogens is 1. The number of allylic oxidation sites excluding steroid dienone is 2. The number of Topliss-reactive ketones (excluding diaryl/α,β-unsaturated/α-hetero) is 1. The summed E-state index contributed by atoms with van der Waals surface area (Å²) in [4.78, 5) is 13.4. The molecule has 0 amide bonds. The number of rotatable bonds is 3. The maximum absolute atomic E-state index is 13.4. The molecule has 0 saturated carbocycles. The summed E-state index contributed by atoms with van der Waals surface area (Å²) in [6.45, 7) is 4.05. The zero-order valence-corrected chi connectivity index (χ0v) is 17.1. The number of phenolic OH excluding ortho intramolecular Hbond substituents is 1. The highest BCUT2D eigenvalue weighted by molar-refractivity contribution is 6.01. The van der Waals surface area contributed by atoms with Crippen LogP contribution < -0.4 is 5.32 Å². The molecule has 1 aliphatic carbocycles. The molecule has 0 spiro atoms. The van der Waals surface area contributed by atoms with Gasteiger partial charge in [-0.15, -0.1) is 0 Å². The molecule has 30 heavy (non-hydrogen) atoms. The topological polar surface area (TPSA) is 75.4 Å². The van der Waals surface area contributed by atoms with E-state index in [9.17, 15) is 9.90 Å². The number of nitrogens with one attached hydrogen (secondary N) is 1. The van der Waals surface area contributed by atoms with E-state index in [1.165, 1.54) is 5.56 Å². The van der Waals surface area contributed by atoms with Crippen molar-refractivity contribution in [1.29, 1.82) is 0 Å². The minimum atomic E-state index is -0.189. The maximum atomic E-state index is 13.4. The lowest BCUT2D eigenvalue weighted by atomic mass is 9.72. The summed E-state index contributed by atoms with van der Waals surface area (Å²) in [7, 11) is 0. The van der Waals surface area contributed by atoms with E-state index in [1.807, 2.05) is 19.1 Å². The molecule has 0 radical (unpaired) electrons. The van der Waals surface area contributed by atoms with Gasteiger partial charge in [0.2, 0.25) is 5.88 Å². The Morgan fingerprint density at radius 1 is 1.13 bits per heavy atom. The lowest BCUT2D eigenvalue weighted by Crippen LogP contribution is -2.29. The minimum absolute atomic E-state index is 0.0707. The van der Waals surface area contributed by atoms with Crippen molar-refractivity contribution in [3.05, 3.63) is 87.7 Å². The van der Waals surface area contributed by atoms with Crippen LogP contribution in [0.2, 0.25) is 0 Å². The summed E-state index contributed by atoms with van der Waals surface area (Å²) in [6.07, 6.45) is 1.99. The average Bonchev–Trinajstić information content (AvgIpc) is 3.13. The highest BCUT2D eigenvalue weighted by Crippen LogP contribution is 2.49. The van der Waals surface area contributed by atoms with Gasteiger partial charge in [0.25, 0.3) is 0 Å². The number of anilines is 1. The Kier molecular flexibility index (Phi) is 4.46. The summed E-state index contributed by atoms with van der Waals surface area (Å²) in [5, 5.41) is 17.8. The van der Waals surface area contributed by atoms with E-state index >= 15 is 0 Å². The Morgan fingerprint density at radius 2 is 1.90 bits per heavy atom. The van der Waals surface area contributed by atoms with Gasteiger partial charge in [-0.3, -0.25) is 4.79 Å². The molecule has 152 valence electrons. The number of nitrogens with zero attached hydrogens (tertiary/aromatic N) is 1. The van der Waals surface area contributed by atoms with Gasteiger partial charge in [0.1, 0.15) is 5.75 Å². The summed E-state index contributed by atoms with van der Waals surface area (Å²) in [5.74, 6) is 0.692. The second-order valence-corrected chi connectivity index (χ2v) is 8.14. The number of ketones is 1. The van der Waals surface area contributed by atoms with Gasteiger partial charge in [0.15, 0.2) is 5.78 Å². The lowest BCUT2D eigenvalue weighted by molar-refractivity contribution is -0.116. The maximum Gasteiger partial charge on any atom is 0.233 e. The summed E-state index contributed by atoms with van der Waals surface area (Å²) < 4.78 is 5.58. The third kappa shape index (κ3) is 2.93. The fourth-order valence-corrected chi connectivity index (χ4v) is 4.80. The molecule has 1 aromatic heterocycles. The van der Waals surface area contributed by atoms with Gasteiger partial charge < -0.3 is 14.9 Å². The predicted octanol–water partition coefficient (Wildman–Crippen LogP) is 5.21. The summed E-state index contributed by atoms with van der Waals surface area (Å²) >= 11 is 0. The number of para-hydroxylation sites is 1. The van der Waals surface area contributed by atoms with Gasteiger partial charge in [0, 0.05) is 29.5 Å². The first kappa shape index (κ1) is 18.7. The van der Waals surface area contributed by atoms with Crippen molar-refractivity contribution < 1.29 is 14.4 Å². The standard InChI is InChI=1S/C25H24N2O3/c1-3-15-8-10-16(11-9-15)23-22-14(2)27-30-25(22)26-19-12-17(13-21(29)24(19)23)18-6-4-5-7-20(18)28/h4-11,17,23,26,28H,3,12-13H2,1-2H3/t17-,23-/m1/s1. The average molecular weight is 400 g/mol. The third-order valence-electron chi connectivity index (χ3n) is 6.36. The molecule has 0 unspecified atom stereocenters. The first-order valence-electron chi connectivity index (χ1n) is 10.4. The number of carbonyl (C=O) groups excluding carboxylic acids is 1. The van der Waals surface area contributed by atoms with E-state index in [0.717, 1.165) is 40.1 Å². The Morgan fingerprint density at radius 3 is 2.63 bits per heavy atom. The fraction of sp³-hybridized carbons (Fsp3) is 0.280. The highest BCUT2D eigenvalue weighted by Gasteiger charge is 2.41. The Balaban J connectivity index is 1.61. The van der Waals surface area contributed by atoms with Crippen LogP contribution in [0.3, 0.4) is 0 Å². The van der Waals surface area contributed by atoms with Crippen LogP contribution in [0.25, 0.3) is 0 Å². The minimum Gasteiger partial charge on any atom is -0.508 e. The number of carbonyl (C=O) groups is 1. The van der Waals surface area contributed by atoms with Crippen LogP contribution in [0.1, 0.15) is 59.5 Å². The van der Waals surface area contributed by atoms with Crippen molar-refractivity contribution in [1.82, 2.24) is 5.16 Å². The molecule has 5 heteroatoms. The number of hydrogen-bond acceptors (Lipinski definition) is 5. The number of aryl methyl sites for hydroxylation is 2. The summed E-state index contributed by atoms with van der Waals surface area (Å²) in [6, 6.07) is 15.7. The zero-order chi connectivity index (χ0) is 20.8. The lowest BCUT2D eigenvalue weighted by Gasteiger charge is -2.34. The number of aromatic hydroxyl groups is 1. The SMILES string of the molecule is CCc1ccc([C@H]2C3=C(C[C@@H](c4ccccc4O)CC3=O)Nc3onc(C)c32)cc1. The van der Waals surface area contributed by atoms with Crippen molar-refractivity contribution in [3.63, 3.8) is 0 Å². The fourth-order valence-electron chi connectivity index (χ4n) is 4.80. The Hall–Kier alpha value is -3.34. The highest BCUT2D eigenvalue weighted by atomic mass is 16.5. The first-order chi connectivity index (χ1) is 14.6. The van der Waals surface area contributed by atoms with Gasteiger partial charge in [-0.25, -0.2) is 0 Å². The molecule has 2 aromatic carbocycles. The molecule has 1 aliphatic heterocycles. The monoisotopic (exact) mass is 400 g/mol. The number of fused-ring (bicyclic) bond motifs is 1. The zero-order valence-electron chi connectivity index (χ0n) is 17.1. The van der Waals surface area contributed by atoms with E-state index in [4.69, 9.17) is 4.52 Å². The van der Waals surface area contributed by atoms with Crippen molar-refractivity contribution in [2.45, 2.75) is 44.9 Å². The van der Waals surface area contributed by atoms with Crippen LogP contribution >= 0.6 is 0 Å². The van der Waals surface area contributed by atoms with Crippen molar-refractivity contribution in [2.24, 2.45) is 0 Å². The molecule has 3 aromatic rings. The molecule has 0 saturated heterocycles. The van der Waals surface area contributed by atoms with Crippen LogP contribution in [0, 0.1) is 6.92 Å².